The van der Waals surface area contributed by atoms with Crippen molar-refractivity contribution in [2.75, 3.05) is 13.2 Å². The molecule has 1 rings (SSSR count). The zero-order valence-corrected chi connectivity index (χ0v) is 16.8. The zero-order chi connectivity index (χ0) is 21.8. The summed E-state index contributed by atoms with van der Waals surface area (Å²) >= 11 is 0. The van der Waals surface area contributed by atoms with E-state index >= 15 is 0 Å². The number of hydrogen-bond donors (Lipinski definition) is 1. The first-order chi connectivity index (χ1) is 13.8. The van der Waals surface area contributed by atoms with Crippen molar-refractivity contribution >= 4 is 17.9 Å². The zero-order valence-electron chi connectivity index (χ0n) is 16.8. The Morgan fingerprint density at radius 2 is 1.72 bits per heavy atom. The highest BCUT2D eigenvalue weighted by Gasteiger charge is 2.36. The normalized spacial score (nSPS) is 20.3. The molecular formula is C22H28O7. The molecule has 0 aromatic rings. The third-order valence-electron chi connectivity index (χ3n) is 4.33. The molecule has 0 bridgehead atoms. The van der Waals surface area contributed by atoms with Gasteiger partial charge in [-0.1, -0.05) is 37.5 Å². The van der Waals surface area contributed by atoms with Gasteiger partial charge in [-0.25, -0.2) is 4.79 Å². The summed E-state index contributed by atoms with van der Waals surface area (Å²) < 4.78 is 16.1. The standard InChI is InChI=1S/C22H28O7/c1-5-10-15(4)19(6-2)27-13-16(14-28-20(23)7-3)29-22(26)18-12-9-8-11-17(18)21(24)25/h5-10,16-18H,2-3,11-14H2,1,4H3,(H,24,25)/b10-5-,19-15+. The summed E-state index contributed by atoms with van der Waals surface area (Å²) in [6.45, 7) is 10.4. The highest BCUT2D eigenvalue weighted by atomic mass is 16.6. The van der Waals surface area contributed by atoms with Crippen LogP contribution in [0.25, 0.3) is 0 Å². The SMILES string of the molecule is C=CC(=O)OCC(CO/C(C=C)=C(C)/C=C\C)OC(=O)C1CC=CCC1C(=O)O. The molecule has 3 atom stereocenters. The molecule has 3 unspecified atom stereocenters. The van der Waals surface area contributed by atoms with Crippen LogP contribution in [-0.2, 0) is 28.6 Å². The molecule has 0 amide bonds. The van der Waals surface area contributed by atoms with Crippen LogP contribution < -0.4 is 0 Å². The molecule has 1 N–H and O–H groups in total. The number of ether oxygens (including phenoxy) is 3. The van der Waals surface area contributed by atoms with Gasteiger partial charge in [0.15, 0.2) is 6.10 Å². The number of carboxylic acid groups (broad SMARTS) is 1. The molecule has 0 radical (unpaired) electrons. The molecule has 0 aromatic carbocycles. The third kappa shape index (κ3) is 7.81. The quantitative estimate of drug-likeness (QED) is 0.185. The van der Waals surface area contributed by atoms with Crippen molar-refractivity contribution in [2.45, 2.75) is 32.8 Å². The first kappa shape index (κ1) is 23.9. The molecule has 0 spiro atoms. The predicted octanol–water partition coefficient (Wildman–Crippen LogP) is 3.35. The fraction of sp³-hybridized carbons (Fsp3) is 0.409. The molecule has 0 fully saturated rings. The number of aliphatic carboxylic acids is 1. The van der Waals surface area contributed by atoms with Gasteiger partial charge in [-0.2, -0.15) is 0 Å². The fourth-order valence-electron chi connectivity index (χ4n) is 2.80. The smallest absolute Gasteiger partial charge is 0.330 e. The number of carbonyl (C=O) groups excluding carboxylic acids is 2. The van der Waals surface area contributed by atoms with Crippen LogP contribution >= 0.6 is 0 Å². The van der Waals surface area contributed by atoms with Crippen LogP contribution in [-0.4, -0.2) is 42.3 Å². The third-order valence-corrected chi connectivity index (χ3v) is 4.33. The molecule has 158 valence electrons. The summed E-state index contributed by atoms with van der Waals surface area (Å²) in [5, 5.41) is 9.35. The lowest BCUT2D eigenvalue weighted by Gasteiger charge is -2.26. The number of rotatable bonds is 11. The lowest BCUT2D eigenvalue weighted by molar-refractivity contribution is -0.168. The number of allylic oxidation sites excluding steroid dienone is 6. The Bertz CT molecular complexity index is 715. The Hall–Kier alpha value is -3.09. The summed E-state index contributed by atoms with van der Waals surface area (Å²) in [6, 6.07) is 0. The van der Waals surface area contributed by atoms with Gasteiger partial charge in [0.05, 0.1) is 11.8 Å². The Kier molecular flexibility index (Phi) is 10.2. The van der Waals surface area contributed by atoms with Gasteiger partial charge in [-0.05, 0) is 38.3 Å². The highest BCUT2D eigenvalue weighted by Crippen LogP contribution is 2.27. The maximum atomic E-state index is 12.6. The molecule has 1 aliphatic rings. The van der Waals surface area contributed by atoms with Crippen LogP contribution in [0, 0.1) is 11.8 Å². The second-order valence-corrected chi connectivity index (χ2v) is 6.45. The van der Waals surface area contributed by atoms with Crippen molar-refractivity contribution in [1.82, 2.24) is 0 Å². The van der Waals surface area contributed by atoms with Gasteiger partial charge < -0.3 is 19.3 Å². The maximum absolute atomic E-state index is 12.6. The Labute approximate surface area is 171 Å². The summed E-state index contributed by atoms with van der Waals surface area (Å²) in [6.07, 6.45) is 9.30. The number of carbonyl (C=O) groups is 3. The minimum atomic E-state index is -1.05. The van der Waals surface area contributed by atoms with E-state index in [1.165, 1.54) is 6.08 Å². The largest absolute Gasteiger partial charge is 0.489 e. The first-order valence-corrected chi connectivity index (χ1v) is 9.30. The molecule has 0 saturated heterocycles. The van der Waals surface area contributed by atoms with Crippen LogP contribution in [0.4, 0.5) is 0 Å². The Morgan fingerprint density at radius 3 is 2.28 bits per heavy atom. The van der Waals surface area contributed by atoms with Crippen molar-refractivity contribution in [1.29, 1.82) is 0 Å². The van der Waals surface area contributed by atoms with Gasteiger partial charge >= 0.3 is 17.9 Å². The average molecular weight is 404 g/mol. The lowest BCUT2D eigenvalue weighted by atomic mass is 9.83. The van der Waals surface area contributed by atoms with E-state index in [2.05, 4.69) is 13.2 Å². The highest BCUT2D eigenvalue weighted by molar-refractivity contribution is 5.82. The van der Waals surface area contributed by atoms with E-state index in [1.807, 2.05) is 26.0 Å². The van der Waals surface area contributed by atoms with Crippen molar-refractivity contribution in [3.8, 4) is 0 Å². The van der Waals surface area contributed by atoms with Crippen LogP contribution in [0.15, 0.2) is 60.9 Å². The molecule has 29 heavy (non-hydrogen) atoms. The van der Waals surface area contributed by atoms with Gasteiger partial charge in [0.25, 0.3) is 0 Å². The number of carboxylic acids is 1. The van der Waals surface area contributed by atoms with E-state index in [9.17, 15) is 19.5 Å². The molecule has 0 aliphatic heterocycles. The van der Waals surface area contributed by atoms with Crippen LogP contribution in [0.3, 0.4) is 0 Å². The van der Waals surface area contributed by atoms with E-state index in [4.69, 9.17) is 14.2 Å². The number of esters is 2. The van der Waals surface area contributed by atoms with Gasteiger partial charge in [0.2, 0.25) is 0 Å². The Balaban J connectivity index is 2.89. The van der Waals surface area contributed by atoms with Gasteiger partial charge in [-0.3, -0.25) is 9.59 Å². The van der Waals surface area contributed by atoms with Gasteiger partial charge in [-0.15, -0.1) is 0 Å². The van der Waals surface area contributed by atoms with Crippen LogP contribution in [0.2, 0.25) is 0 Å². The topological polar surface area (TPSA) is 99.1 Å². The second kappa shape index (κ2) is 12.4. The van der Waals surface area contributed by atoms with E-state index < -0.39 is 35.8 Å². The molecule has 0 aromatic heterocycles. The first-order valence-electron chi connectivity index (χ1n) is 9.30. The fourth-order valence-corrected chi connectivity index (χ4v) is 2.80. The summed E-state index contributed by atoms with van der Waals surface area (Å²) in [5.74, 6) is -3.57. The molecule has 7 heteroatoms. The van der Waals surface area contributed by atoms with E-state index in [1.54, 1.807) is 12.2 Å². The molecule has 1 aliphatic carbocycles. The van der Waals surface area contributed by atoms with E-state index in [0.717, 1.165) is 11.6 Å². The van der Waals surface area contributed by atoms with Gasteiger partial charge in [0.1, 0.15) is 19.0 Å². The minimum Gasteiger partial charge on any atom is -0.489 e. The molecule has 0 saturated carbocycles. The van der Waals surface area contributed by atoms with Crippen LogP contribution in [0.5, 0.6) is 0 Å². The molecule has 7 nitrogen and oxygen atoms in total. The maximum Gasteiger partial charge on any atom is 0.330 e. The molecular weight excluding hydrogens is 376 g/mol. The molecule has 0 heterocycles. The van der Waals surface area contributed by atoms with E-state index in [0.29, 0.717) is 5.76 Å². The van der Waals surface area contributed by atoms with Crippen molar-refractivity contribution < 1.29 is 33.7 Å². The van der Waals surface area contributed by atoms with Crippen molar-refractivity contribution in [3.05, 3.63) is 60.9 Å². The minimum absolute atomic E-state index is 0.0906. The van der Waals surface area contributed by atoms with Crippen LogP contribution in [0.1, 0.15) is 26.7 Å². The summed E-state index contributed by atoms with van der Waals surface area (Å²) in [4.78, 5) is 35.4. The Morgan fingerprint density at radius 1 is 1.10 bits per heavy atom. The monoisotopic (exact) mass is 404 g/mol. The van der Waals surface area contributed by atoms with Crippen molar-refractivity contribution in [2.24, 2.45) is 11.8 Å². The van der Waals surface area contributed by atoms with Gasteiger partial charge in [0, 0.05) is 6.08 Å². The average Bonchev–Trinajstić information content (AvgIpc) is 2.71. The lowest BCUT2D eigenvalue weighted by Crippen LogP contribution is -2.37. The summed E-state index contributed by atoms with van der Waals surface area (Å²) in [5.41, 5.74) is 0.819. The van der Waals surface area contributed by atoms with E-state index in [-0.39, 0.29) is 26.1 Å². The predicted molar refractivity (Wildman–Crippen MR) is 108 cm³/mol. The number of hydrogen-bond acceptors (Lipinski definition) is 6. The van der Waals surface area contributed by atoms with Crippen molar-refractivity contribution in [3.63, 3.8) is 0 Å². The second-order valence-electron chi connectivity index (χ2n) is 6.45. The summed E-state index contributed by atoms with van der Waals surface area (Å²) in [7, 11) is 0.